The van der Waals surface area contributed by atoms with Crippen LogP contribution in [0.1, 0.15) is 0 Å². The zero-order valence-corrected chi connectivity index (χ0v) is 10.4. The Bertz CT molecular complexity index is 644. The van der Waals surface area contributed by atoms with Gasteiger partial charge in [0.15, 0.2) is 0 Å². The van der Waals surface area contributed by atoms with E-state index < -0.39 is 15.8 Å². The minimum atomic E-state index is -3.78. The minimum absolute atomic E-state index is 0.101. The van der Waals surface area contributed by atoms with Gasteiger partial charge < -0.3 is 0 Å². The van der Waals surface area contributed by atoms with Crippen LogP contribution in [-0.4, -0.2) is 20.4 Å². The Morgan fingerprint density at radius 1 is 1.17 bits per heavy atom. The van der Waals surface area contributed by atoms with Crippen molar-refractivity contribution in [1.29, 1.82) is 0 Å². The molecule has 2 aromatic rings. The Labute approximate surface area is 105 Å². The fraction of sp³-hybridized carbons (Fsp3) is 0.0833. The van der Waals surface area contributed by atoms with Gasteiger partial charge in [-0.25, -0.2) is 17.8 Å². The molecule has 0 radical (unpaired) electrons. The van der Waals surface area contributed by atoms with E-state index in [0.29, 0.717) is 0 Å². The van der Waals surface area contributed by atoms with Gasteiger partial charge in [0.05, 0.1) is 4.90 Å². The van der Waals surface area contributed by atoms with Gasteiger partial charge in [-0.15, -0.1) is 0 Å². The third-order valence-electron chi connectivity index (χ3n) is 2.43. The maximum atomic E-state index is 13.1. The molecule has 2 rings (SSSR count). The maximum absolute atomic E-state index is 13.1. The van der Waals surface area contributed by atoms with E-state index in [2.05, 4.69) is 4.98 Å². The highest BCUT2D eigenvalue weighted by Gasteiger charge is 2.22. The molecular weight excluding hydrogens is 255 g/mol. The van der Waals surface area contributed by atoms with Crippen LogP contribution in [0.25, 0.3) is 0 Å². The SMILES string of the molecule is CN(c1ccccn1)S(=O)(=O)c1cccc(F)c1. The minimum Gasteiger partial charge on any atom is -0.253 e. The molecule has 1 aromatic heterocycles. The van der Waals surface area contributed by atoms with Crippen LogP contribution in [0.2, 0.25) is 0 Å². The zero-order valence-electron chi connectivity index (χ0n) is 9.62. The lowest BCUT2D eigenvalue weighted by Crippen LogP contribution is -2.27. The lowest BCUT2D eigenvalue weighted by atomic mass is 10.4. The van der Waals surface area contributed by atoms with Gasteiger partial charge in [-0.1, -0.05) is 12.1 Å². The number of pyridine rings is 1. The second-order valence-electron chi connectivity index (χ2n) is 3.62. The third kappa shape index (κ3) is 2.33. The van der Waals surface area contributed by atoms with Gasteiger partial charge in [-0.05, 0) is 30.3 Å². The molecule has 0 bridgehead atoms. The van der Waals surface area contributed by atoms with Crippen LogP contribution in [0.3, 0.4) is 0 Å². The summed E-state index contributed by atoms with van der Waals surface area (Å²) in [5, 5.41) is 0. The summed E-state index contributed by atoms with van der Waals surface area (Å²) in [4.78, 5) is 3.84. The number of aromatic nitrogens is 1. The van der Waals surface area contributed by atoms with Crippen LogP contribution in [0.5, 0.6) is 0 Å². The molecule has 0 spiro atoms. The molecule has 94 valence electrons. The van der Waals surface area contributed by atoms with Gasteiger partial charge in [0.2, 0.25) is 0 Å². The van der Waals surface area contributed by atoms with Gasteiger partial charge in [-0.2, -0.15) is 0 Å². The zero-order chi connectivity index (χ0) is 13.2. The summed E-state index contributed by atoms with van der Waals surface area (Å²) >= 11 is 0. The highest BCUT2D eigenvalue weighted by atomic mass is 32.2. The number of benzene rings is 1. The number of rotatable bonds is 3. The molecule has 0 saturated carbocycles. The monoisotopic (exact) mass is 266 g/mol. The standard InChI is InChI=1S/C12H11FN2O2S/c1-15(12-7-2-3-8-14-12)18(16,17)11-6-4-5-10(13)9-11/h2-9H,1H3. The molecule has 4 nitrogen and oxygen atoms in total. The molecule has 0 amide bonds. The van der Waals surface area contributed by atoms with Crippen LogP contribution >= 0.6 is 0 Å². The first-order chi connectivity index (χ1) is 8.51. The van der Waals surface area contributed by atoms with E-state index in [-0.39, 0.29) is 10.7 Å². The number of hydrogen-bond donors (Lipinski definition) is 0. The Balaban J connectivity index is 2.44. The highest BCUT2D eigenvalue weighted by molar-refractivity contribution is 7.92. The molecule has 0 aliphatic heterocycles. The molecule has 1 heterocycles. The summed E-state index contributed by atoms with van der Waals surface area (Å²) in [6.07, 6.45) is 1.49. The number of halogens is 1. The number of hydrogen-bond acceptors (Lipinski definition) is 3. The summed E-state index contributed by atoms with van der Waals surface area (Å²) in [5.41, 5.74) is 0. The van der Waals surface area contributed by atoms with Crippen LogP contribution in [-0.2, 0) is 10.0 Å². The number of anilines is 1. The van der Waals surface area contributed by atoms with E-state index >= 15 is 0 Å². The fourth-order valence-electron chi connectivity index (χ4n) is 1.45. The maximum Gasteiger partial charge on any atom is 0.265 e. The molecule has 0 aliphatic carbocycles. The molecule has 6 heteroatoms. The van der Waals surface area contributed by atoms with Crippen molar-refractivity contribution >= 4 is 15.8 Å². The molecule has 0 atom stereocenters. The Morgan fingerprint density at radius 2 is 1.94 bits per heavy atom. The number of sulfonamides is 1. The normalized spacial score (nSPS) is 11.2. The molecule has 1 aromatic carbocycles. The fourth-order valence-corrected chi connectivity index (χ4v) is 2.63. The second-order valence-corrected chi connectivity index (χ2v) is 5.59. The first kappa shape index (κ1) is 12.5. The predicted octanol–water partition coefficient (Wildman–Crippen LogP) is 2.05. The quantitative estimate of drug-likeness (QED) is 0.854. The average Bonchev–Trinajstić information content (AvgIpc) is 2.39. The van der Waals surface area contributed by atoms with Gasteiger partial charge in [-0.3, -0.25) is 4.31 Å². The topological polar surface area (TPSA) is 50.3 Å². The molecule has 18 heavy (non-hydrogen) atoms. The highest BCUT2D eigenvalue weighted by Crippen LogP contribution is 2.20. The van der Waals surface area contributed by atoms with Gasteiger partial charge in [0.1, 0.15) is 11.6 Å². The van der Waals surface area contributed by atoms with E-state index in [9.17, 15) is 12.8 Å². The first-order valence-corrected chi connectivity index (χ1v) is 6.61. The predicted molar refractivity (Wildman–Crippen MR) is 66.2 cm³/mol. The van der Waals surface area contributed by atoms with E-state index in [4.69, 9.17) is 0 Å². The van der Waals surface area contributed by atoms with Crippen molar-refractivity contribution in [3.63, 3.8) is 0 Å². The van der Waals surface area contributed by atoms with Crippen molar-refractivity contribution in [1.82, 2.24) is 4.98 Å². The summed E-state index contributed by atoms with van der Waals surface area (Å²) in [7, 11) is -2.41. The second kappa shape index (κ2) is 4.73. The van der Waals surface area contributed by atoms with E-state index in [0.717, 1.165) is 10.4 Å². The molecule has 0 aliphatic rings. The summed E-state index contributed by atoms with van der Waals surface area (Å²) in [6.45, 7) is 0. The van der Waals surface area contributed by atoms with Crippen LogP contribution in [0.15, 0.2) is 53.6 Å². The van der Waals surface area contributed by atoms with Gasteiger partial charge in [0, 0.05) is 13.2 Å². The summed E-state index contributed by atoms with van der Waals surface area (Å²) in [5.74, 6) is -0.313. The van der Waals surface area contributed by atoms with E-state index in [1.165, 1.54) is 31.4 Å². The van der Waals surface area contributed by atoms with Crippen molar-refractivity contribution in [3.8, 4) is 0 Å². The van der Waals surface area contributed by atoms with Crippen molar-refractivity contribution in [2.75, 3.05) is 11.4 Å². The molecule has 0 N–H and O–H groups in total. The van der Waals surface area contributed by atoms with E-state index in [1.54, 1.807) is 18.2 Å². The first-order valence-electron chi connectivity index (χ1n) is 5.17. The van der Waals surface area contributed by atoms with Crippen LogP contribution in [0.4, 0.5) is 10.2 Å². The Morgan fingerprint density at radius 3 is 2.56 bits per heavy atom. The third-order valence-corrected chi connectivity index (χ3v) is 4.18. The van der Waals surface area contributed by atoms with Gasteiger partial charge >= 0.3 is 0 Å². The van der Waals surface area contributed by atoms with Crippen molar-refractivity contribution in [3.05, 3.63) is 54.5 Å². The summed E-state index contributed by atoms with van der Waals surface area (Å²) in [6, 6.07) is 9.81. The van der Waals surface area contributed by atoms with Crippen LogP contribution in [0, 0.1) is 5.82 Å². The smallest absolute Gasteiger partial charge is 0.253 e. The molecule has 0 fully saturated rings. The number of nitrogens with zero attached hydrogens (tertiary/aromatic N) is 2. The van der Waals surface area contributed by atoms with Crippen LogP contribution < -0.4 is 4.31 Å². The largest absolute Gasteiger partial charge is 0.265 e. The Kier molecular flexibility index (Phi) is 3.29. The van der Waals surface area contributed by atoms with Crippen molar-refractivity contribution in [2.24, 2.45) is 0 Å². The molecule has 0 saturated heterocycles. The average molecular weight is 266 g/mol. The van der Waals surface area contributed by atoms with Crippen molar-refractivity contribution < 1.29 is 12.8 Å². The van der Waals surface area contributed by atoms with Crippen molar-refractivity contribution in [2.45, 2.75) is 4.90 Å². The van der Waals surface area contributed by atoms with Gasteiger partial charge in [0.25, 0.3) is 10.0 Å². The van der Waals surface area contributed by atoms with E-state index in [1.807, 2.05) is 0 Å². The summed E-state index contributed by atoms with van der Waals surface area (Å²) < 4.78 is 38.5. The lowest BCUT2D eigenvalue weighted by molar-refractivity contribution is 0.589. The Hall–Kier alpha value is -1.95. The molecular formula is C12H11FN2O2S. The molecule has 0 unspecified atom stereocenters. The lowest BCUT2D eigenvalue weighted by Gasteiger charge is -2.18.